The van der Waals surface area contributed by atoms with Crippen molar-refractivity contribution in [1.82, 2.24) is 0 Å². The summed E-state index contributed by atoms with van der Waals surface area (Å²) in [7, 11) is 1.32. The third kappa shape index (κ3) is 5.97. The Morgan fingerprint density at radius 1 is 1.11 bits per heavy atom. The minimum absolute atomic E-state index is 0.0206. The molecule has 0 saturated carbocycles. The van der Waals surface area contributed by atoms with E-state index in [1.54, 1.807) is 0 Å². The van der Waals surface area contributed by atoms with Gasteiger partial charge in [-0.3, -0.25) is 0 Å². The smallest absolute Gasteiger partial charge is 0.106 e. The van der Waals surface area contributed by atoms with Gasteiger partial charge >= 0.3 is 0 Å². The minimum atomic E-state index is 0.0206. The van der Waals surface area contributed by atoms with Gasteiger partial charge in [-0.2, -0.15) is 0 Å². The first-order chi connectivity index (χ1) is 9.38. The van der Waals surface area contributed by atoms with Crippen molar-refractivity contribution in [3.8, 4) is 0 Å². The van der Waals surface area contributed by atoms with Crippen molar-refractivity contribution >= 4 is 30.4 Å². The fourth-order valence-corrected chi connectivity index (χ4v) is 2.40. The summed E-state index contributed by atoms with van der Waals surface area (Å²) in [6.45, 7) is 2.86. The summed E-state index contributed by atoms with van der Waals surface area (Å²) in [6.07, 6.45) is 0.0554. The Bertz CT molecular complexity index is 344. The lowest BCUT2D eigenvalue weighted by Gasteiger charge is -2.28. The molecule has 1 aliphatic heterocycles. The predicted molar refractivity (Wildman–Crippen MR) is 83.1 cm³/mol. The van der Waals surface area contributed by atoms with Crippen molar-refractivity contribution in [3.05, 3.63) is 35.9 Å². The third-order valence-corrected chi connectivity index (χ3v) is 3.74. The molecule has 0 radical (unpaired) electrons. The van der Waals surface area contributed by atoms with Crippen LogP contribution in [-0.2, 0) is 25.0 Å². The van der Waals surface area contributed by atoms with E-state index in [9.17, 15) is 0 Å². The maximum absolute atomic E-state index is 5.68. The largest absolute Gasteiger partial charge is 0.374 e. The average Bonchev–Trinajstić information content (AvgIpc) is 2.47. The standard InChI is InChI=1S/C13H17IO4S/c14-19-18-10-13-9-16-12(8-17-13)7-15-6-11-4-2-1-3-5-11/h1-5,12-13H,6-10H2. The number of ether oxygens (including phenoxy) is 3. The van der Waals surface area contributed by atoms with Crippen molar-refractivity contribution in [2.45, 2.75) is 18.8 Å². The molecule has 2 atom stereocenters. The van der Waals surface area contributed by atoms with Crippen LogP contribution in [0.3, 0.4) is 0 Å². The van der Waals surface area contributed by atoms with Crippen LogP contribution >= 0.6 is 30.4 Å². The second kappa shape index (κ2) is 9.15. The Balaban J connectivity index is 1.58. The second-order valence-corrected chi connectivity index (χ2v) is 5.70. The van der Waals surface area contributed by atoms with E-state index in [1.807, 2.05) is 30.3 Å². The zero-order chi connectivity index (χ0) is 13.3. The lowest BCUT2D eigenvalue weighted by atomic mass is 10.2. The van der Waals surface area contributed by atoms with E-state index >= 15 is 0 Å². The molecule has 106 valence electrons. The van der Waals surface area contributed by atoms with Gasteiger partial charge < -0.3 is 18.4 Å². The highest BCUT2D eigenvalue weighted by Gasteiger charge is 2.22. The first-order valence-electron chi connectivity index (χ1n) is 6.13. The summed E-state index contributed by atoms with van der Waals surface area (Å²) in [5, 5.41) is 0. The molecule has 4 nitrogen and oxygen atoms in total. The number of rotatable bonds is 7. The summed E-state index contributed by atoms with van der Waals surface area (Å²) in [5.74, 6) is 0. The highest BCUT2D eigenvalue weighted by molar-refractivity contribution is 14.2. The summed E-state index contributed by atoms with van der Waals surface area (Å²) in [4.78, 5) is 0. The van der Waals surface area contributed by atoms with Gasteiger partial charge in [-0.25, -0.2) is 0 Å². The van der Waals surface area contributed by atoms with Crippen LogP contribution in [0.15, 0.2) is 30.3 Å². The maximum Gasteiger partial charge on any atom is 0.106 e. The molecule has 0 aliphatic carbocycles. The minimum Gasteiger partial charge on any atom is -0.374 e. The van der Waals surface area contributed by atoms with E-state index in [0.29, 0.717) is 33.0 Å². The Morgan fingerprint density at radius 2 is 1.79 bits per heavy atom. The van der Waals surface area contributed by atoms with Crippen LogP contribution in [0.4, 0.5) is 0 Å². The van der Waals surface area contributed by atoms with Crippen molar-refractivity contribution in [3.63, 3.8) is 0 Å². The maximum atomic E-state index is 5.68. The molecule has 0 N–H and O–H groups in total. The zero-order valence-corrected chi connectivity index (χ0v) is 13.5. The molecule has 1 heterocycles. The molecule has 1 fully saturated rings. The molecule has 1 aromatic rings. The predicted octanol–water partition coefficient (Wildman–Crippen LogP) is 3.00. The first-order valence-corrected chi connectivity index (χ1v) is 9.42. The van der Waals surface area contributed by atoms with E-state index in [2.05, 4.69) is 21.2 Å². The fourth-order valence-electron chi connectivity index (χ4n) is 1.76. The summed E-state index contributed by atoms with van der Waals surface area (Å²) < 4.78 is 22.2. The van der Waals surface area contributed by atoms with Crippen LogP contribution in [0.1, 0.15) is 5.56 Å². The van der Waals surface area contributed by atoms with E-state index < -0.39 is 0 Å². The molecular formula is C13H17IO4S. The molecule has 1 aliphatic rings. The number of benzene rings is 1. The number of halogens is 1. The van der Waals surface area contributed by atoms with E-state index in [1.165, 1.54) is 14.8 Å². The van der Waals surface area contributed by atoms with Crippen molar-refractivity contribution in [1.29, 1.82) is 0 Å². The van der Waals surface area contributed by atoms with Crippen LogP contribution in [0.25, 0.3) is 0 Å². The van der Waals surface area contributed by atoms with Crippen LogP contribution in [0, 0.1) is 0 Å². The van der Waals surface area contributed by atoms with Crippen LogP contribution in [0.2, 0.25) is 0 Å². The Kier molecular flexibility index (Phi) is 7.47. The molecule has 1 saturated heterocycles. The topological polar surface area (TPSA) is 36.9 Å². The molecule has 2 rings (SSSR count). The number of hydrogen-bond acceptors (Lipinski definition) is 5. The normalized spacial score (nSPS) is 23.4. The van der Waals surface area contributed by atoms with E-state index in [0.717, 1.165) is 0 Å². The van der Waals surface area contributed by atoms with Crippen molar-refractivity contribution in [2.75, 3.05) is 26.4 Å². The highest BCUT2D eigenvalue weighted by Crippen LogP contribution is 2.15. The summed E-state index contributed by atoms with van der Waals surface area (Å²) in [6, 6.07) is 10.1. The molecule has 19 heavy (non-hydrogen) atoms. The molecule has 0 bridgehead atoms. The van der Waals surface area contributed by atoms with Gasteiger partial charge in [0.15, 0.2) is 0 Å². The zero-order valence-electron chi connectivity index (χ0n) is 10.5. The van der Waals surface area contributed by atoms with E-state index in [-0.39, 0.29) is 12.2 Å². The molecule has 2 unspecified atom stereocenters. The summed E-state index contributed by atoms with van der Waals surface area (Å²) in [5.41, 5.74) is 1.17. The van der Waals surface area contributed by atoms with Crippen LogP contribution in [0.5, 0.6) is 0 Å². The van der Waals surface area contributed by atoms with Gasteiger partial charge in [0.1, 0.15) is 12.2 Å². The second-order valence-electron chi connectivity index (χ2n) is 4.26. The molecule has 0 spiro atoms. The van der Waals surface area contributed by atoms with Crippen LogP contribution in [-0.4, -0.2) is 38.6 Å². The average molecular weight is 396 g/mol. The Hall–Kier alpha value is 0.140. The Morgan fingerprint density at radius 3 is 2.42 bits per heavy atom. The lowest BCUT2D eigenvalue weighted by Crippen LogP contribution is -2.40. The van der Waals surface area contributed by atoms with Gasteiger partial charge in [0, 0.05) is 21.2 Å². The number of hydrogen-bond donors (Lipinski definition) is 0. The van der Waals surface area contributed by atoms with E-state index in [4.69, 9.17) is 18.4 Å². The third-order valence-electron chi connectivity index (χ3n) is 2.75. The van der Waals surface area contributed by atoms with Crippen molar-refractivity contribution < 1.29 is 18.4 Å². The molecule has 0 amide bonds. The first kappa shape index (κ1) is 15.5. The lowest BCUT2D eigenvalue weighted by molar-refractivity contribution is -0.159. The van der Waals surface area contributed by atoms with Crippen molar-refractivity contribution in [2.24, 2.45) is 0 Å². The van der Waals surface area contributed by atoms with Gasteiger partial charge in [0.05, 0.1) is 42.2 Å². The summed E-state index contributed by atoms with van der Waals surface area (Å²) >= 11 is 2.09. The quantitative estimate of drug-likeness (QED) is 0.523. The van der Waals surface area contributed by atoms with Crippen LogP contribution < -0.4 is 0 Å². The van der Waals surface area contributed by atoms with Gasteiger partial charge in [-0.15, -0.1) is 0 Å². The monoisotopic (exact) mass is 396 g/mol. The van der Waals surface area contributed by atoms with Gasteiger partial charge in [-0.1, -0.05) is 30.3 Å². The SMILES string of the molecule is ISOCC1COC(COCc2ccccc2)CO1. The molecule has 0 aromatic heterocycles. The molecule has 1 aromatic carbocycles. The Labute approximate surface area is 129 Å². The van der Waals surface area contributed by atoms with Gasteiger partial charge in [-0.05, 0) is 5.56 Å². The molecule has 6 heteroatoms. The highest BCUT2D eigenvalue weighted by atomic mass is 127. The fraction of sp³-hybridized carbons (Fsp3) is 0.538. The van der Waals surface area contributed by atoms with Gasteiger partial charge in [0.2, 0.25) is 0 Å². The van der Waals surface area contributed by atoms with Gasteiger partial charge in [0.25, 0.3) is 0 Å². The molecular weight excluding hydrogens is 379 g/mol.